The van der Waals surface area contributed by atoms with Crippen molar-refractivity contribution >= 4 is 26.9 Å². The summed E-state index contributed by atoms with van der Waals surface area (Å²) < 4.78 is 26.3. The van der Waals surface area contributed by atoms with Gasteiger partial charge in [0.2, 0.25) is 0 Å². The van der Waals surface area contributed by atoms with Crippen molar-refractivity contribution in [1.82, 2.24) is 19.9 Å². The predicted octanol–water partition coefficient (Wildman–Crippen LogP) is 4.86. The van der Waals surface area contributed by atoms with Crippen molar-refractivity contribution < 1.29 is 13.2 Å². The number of pyridine rings is 1. The van der Waals surface area contributed by atoms with Crippen LogP contribution in [-0.2, 0) is 22.8 Å². The van der Waals surface area contributed by atoms with Gasteiger partial charge < -0.3 is 9.88 Å². The van der Waals surface area contributed by atoms with Crippen LogP contribution in [0.1, 0.15) is 80.2 Å². The first-order chi connectivity index (χ1) is 16.8. The number of sulfone groups is 1. The van der Waals surface area contributed by atoms with Crippen LogP contribution in [0, 0.1) is 11.8 Å². The number of carbonyl (C=O) groups is 1. The molecule has 2 heterocycles. The Hall–Kier alpha value is -2.74. The summed E-state index contributed by atoms with van der Waals surface area (Å²) in [7, 11) is -3.23. The molecule has 0 unspecified atom stereocenters. The van der Waals surface area contributed by atoms with Gasteiger partial charge in [-0.3, -0.25) is 4.79 Å². The summed E-state index contributed by atoms with van der Waals surface area (Å²) in [6.45, 7) is 4.28. The highest BCUT2D eigenvalue weighted by atomic mass is 32.2. The number of imidazole rings is 1. The SMILES string of the molecule is CCS(=O)(=O)c1ccc(CNC(=O)c2cnc3c(c2)nc(C[C@H]2CC[C@@H](C)CC2)n3C2CC2)cc1. The van der Waals surface area contributed by atoms with Crippen molar-refractivity contribution in [1.29, 1.82) is 0 Å². The van der Waals surface area contributed by atoms with Crippen molar-refractivity contribution in [2.45, 2.75) is 76.3 Å². The fourth-order valence-electron chi connectivity index (χ4n) is 5.07. The van der Waals surface area contributed by atoms with Crippen LogP contribution in [0.15, 0.2) is 41.4 Å². The molecule has 1 N–H and O–H groups in total. The summed E-state index contributed by atoms with van der Waals surface area (Å²) in [5.74, 6) is 2.49. The largest absolute Gasteiger partial charge is 0.348 e. The molecule has 1 amide bonds. The molecule has 0 aliphatic heterocycles. The number of aromatic nitrogens is 3. The normalized spacial score (nSPS) is 20.7. The maximum atomic E-state index is 12.8. The van der Waals surface area contributed by atoms with Crippen LogP contribution in [0.25, 0.3) is 11.2 Å². The molecule has 0 spiro atoms. The third-order valence-corrected chi connectivity index (χ3v) is 9.25. The first-order valence-electron chi connectivity index (χ1n) is 12.8. The number of amides is 1. The molecule has 2 aromatic heterocycles. The zero-order chi connectivity index (χ0) is 24.6. The van der Waals surface area contributed by atoms with E-state index in [0.717, 1.165) is 34.9 Å². The van der Waals surface area contributed by atoms with Gasteiger partial charge in [0, 0.05) is 25.2 Å². The van der Waals surface area contributed by atoms with E-state index in [0.29, 0.717) is 29.0 Å². The van der Waals surface area contributed by atoms with Gasteiger partial charge in [-0.05, 0) is 61.3 Å². The summed E-state index contributed by atoms with van der Waals surface area (Å²) >= 11 is 0. The minimum Gasteiger partial charge on any atom is -0.348 e. The Balaban J connectivity index is 1.29. The number of hydrogen-bond donors (Lipinski definition) is 1. The molecule has 2 fully saturated rings. The van der Waals surface area contributed by atoms with E-state index < -0.39 is 9.84 Å². The van der Waals surface area contributed by atoms with Gasteiger partial charge in [-0.15, -0.1) is 0 Å². The van der Waals surface area contributed by atoms with E-state index in [4.69, 9.17) is 4.98 Å². The van der Waals surface area contributed by atoms with Gasteiger partial charge in [0.25, 0.3) is 5.91 Å². The van der Waals surface area contributed by atoms with Crippen LogP contribution in [0.5, 0.6) is 0 Å². The lowest BCUT2D eigenvalue weighted by Crippen LogP contribution is -2.23. The van der Waals surface area contributed by atoms with Crippen molar-refractivity contribution in [3.8, 4) is 0 Å². The molecule has 0 bridgehead atoms. The molecule has 2 aliphatic rings. The minimum absolute atomic E-state index is 0.0661. The van der Waals surface area contributed by atoms with Crippen molar-refractivity contribution in [2.24, 2.45) is 11.8 Å². The Labute approximate surface area is 207 Å². The summed E-state index contributed by atoms with van der Waals surface area (Å²) in [4.78, 5) is 22.8. The molecule has 7 nitrogen and oxygen atoms in total. The quantitative estimate of drug-likeness (QED) is 0.483. The molecular weight excluding hydrogens is 460 g/mol. The maximum Gasteiger partial charge on any atom is 0.253 e. The van der Waals surface area contributed by atoms with E-state index in [1.807, 2.05) is 6.07 Å². The van der Waals surface area contributed by atoms with E-state index in [9.17, 15) is 13.2 Å². The Bertz CT molecular complexity index is 1320. The molecule has 3 aromatic rings. The first-order valence-corrected chi connectivity index (χ1v) is 14.5. The summed E-state index contributed by atoms with van der Waals surface area (Å²) in [5.41, 5.74) is 3.00. The van der Waals surface area contributed by atoms with Crippen molar-refractivity contribution in [2.75, 3.05) is 5.75 Å². The van der Waals surface area contributed by atoms with Gasteiger partial charge in [-0.25, -0.2) is 18.4 Å². The number of carbonyl (C=O) groups excluding carboxylic acids is 1. The predicted molar refractivity (Wildman–Crippen MR) is 136 cm³/mol. The first kappa shape index (κ1) is 24.0. The second kappa shape index (κ2) is 9.72. The Morgan fingerprint density at radius 1 is 1.09 bits per heavy atom. The zero-order valence-corrected chi connectivity index (χ0v) is 21.4. The fourth-order valence-corrected chi connectivity index (χ4v) is 5.95. The van der Waals surface area contributed by atoms with Gasteiger partial charge in [0.15, 0.2) is 15.5 Å². The lowest BCUT2D eigenvalue weighted by atomic mass is 9.81. The third-order valence-electron chi connectivity index (χ3n) is 7.50. The monoisotopic (exact) mass is 494 g/mol. The molecule has 35 heavy (non-hydrogen) atoms. The molecule has 8 heteroatoms. The number of nitrogens with zero attached hydrogens (tertiary/aromatic N) is 3. The average molecular weight is 495 g/mol. The molecule has 0 radical (unpaired) electrons. The summed E-state index contributed by atoms with van der Waals surface area (Å²) in [5, 5.41) is 2.92. The molecule has 1 aromatic carbocycles. The number of rotatable bonds is 8. The van der Waals surface area contributed by atoms with Gasteiger partial charge in [0.1, 0.15) is 11.3 Å². The van der Waals surface area contributed by atoms with E-state index in [1.54, 1.807) is 37.4 Å². The average Bonchev–Trinajstić information content (AvgIpc) is 3.64. The topological polar surface area (TPSA) is 93.9 Å². The highest BCUT2D eigenvalue weighted by Gasteiger charge is 2.30. The lowest BCUT2D eigenvalue weighted by Gasteiger charge is -2.26. The van der Waals surface area contributed by atoms with Crippen LogP contribution < -0.4 is 5.32 Å². The number of fused-ring (bicyclic) bond motifs is 1. The molecule has 2 aliphatic carbocycles. The van der Waals surface area contributed by atoms with E-state index >= 15 is 0 Å². The fraction of sp³-hybridized carbons (Fsp3) is 0.519. The van der Waals surface area contributed by atoms with Gasteiger partial charge in [0.05, 0.1) is 16.2 Å². The second-order valence-corrected chi connectivity index (χ2v) is 12.5. The van der Waals surface area contributed by atoms with Gasteiger partial charge >= 0.3 is 0 Å². The minimum atomic E-state index is -3.23. The van der Waals surface area contributed by atoms with Crippen LogP contribution in [0.3, 0.4) is 0 Å². The molecular formula is C27H34N4O3S. The molecule has 0 saturated heterocycles. The van der Waals surface area contributed by atoms with Crippen LogP contribution >= 0.6 is 0 Å². The van der Waals surface area contributed by atoms with E-state index in [2.05, 4.69) is 21.8 Å². The Morgan fingerprint density at radius 2 is 1.80 bits per heavy atom. The van der Waals surface area contributed by atoms with Crippen LogP contribution in [0.4, 0.5) is 0 Å². The lowest BCUT2D eigenvalue weighted by molar-refractivity contribution is 0.0950. The Morgan fingerprint density at radius 3 is 2.46 bits per heavy atom. The Kier molecular flexibility index (Phi) is 6.66. The molecule has 186 valence electrons. The second-order valence-electron chi connectivity index (χ2n) is 10.3. The molecule has 2 saturated carbocycles. The maximum absolute atomic E-state index is 12.8. The number of nitrogens with one attached hydrogen (secondary N) is 1. The third kappa shape index (κ3) is 5.27. The smallest absolute Gasteiger partial charge is 0.253 e. The number of benzene rings is 1. The van der Waals surface area contributed by atoms with Crippen molar-refractivity contribution in [3.05, 3.63) is 53.5 Å². The number of hydrogen-bond acceptors (Lipinski definition) is 5. The summed E-state index contributed by atoms with van der Waals surface area (Å²) in [6.07, 6.45) is 10.1. The highest BCUT2D eigenvalue weighted by Crippen LogP contribution is 2.40. The van der Waals surface area contributed by atoms with Crippen LogP contribution in [-0.4, -0.2) is 34.6 Å². The molecule has 5 rings (SSSR count). The van der Waals surface area contributed by atoms with E-state index in [-0.39, 0.29) is 11.7 Å². The molecule has 0 atom stereocenters. The van der Waals surface area contributed by atoms with E-state index in [1.165, 1.54) is 38.5 Å². The van der Waals surface area contributed by atoms with Crippen molar-refractivity contribution in [3.63, 3.8) is 0 Å². The zero-order valence-electron chi connectivity index (χ0n) is 20.5. The highest BCUT2D eigenvalue weighted by molar-refractivity contribution is 7.91. The van der Waals surface area contributed by atoms with Gasteiger partial charge in [-0.1, -0.05) is 38.8 Å². The standard InChI is InChI=1S/C27H34N4O3S/c1-3-35(33,34)23-12-8-20(9-13-23)16-29-27(32)21-15-24-26(28-17-21)31(22-10-11-22)25(30-24)14-19-6-4-18(2)5-7-19/h8-9,12-13,15,17-19,22H,3-7,10-11,14,16H2,1-2H3,(H,29,32)/t18-,19+. The van der Waals surface area contributed by atoms with Crippen LogP contribution in [0.2, 0.25) is 0 Å². The summed E-state index contributed by atoms with van der Waals surface area (Å²) in [6, 6.07) is 8.99. The van der Waals surface area contributed by atoms with Gasteiger partial charge in [-0.2, -0.15) is 0 Å².